The van der Waals surface area contributed by atoms with Crippen LogP contribution in [0.3, 0.4) is 0 Å². The number of aromatic nitrogens is 1. The van der Waals surface area contributed by atoms with E-state index in [0.717, 1.165) is 27.7 Å². The number of nitrogens with zero attached hydrogens (tertiary/aromatic N) is 1. The zero-order valence-electron chi connectivity index (χ0n) is 15.7. The topological polar surface area (TPSA) is 43.4 Å². The van der Waals surface area contributed by atoms with Gasteiger partial charge in [-0.25, -0.2) is 0 Å². The molecule has 136 valence electrons. The van der Waals surface area contributed by atoms with Crippen LogP contribution in [0.2, 0.25) is 0 Å². The normalized spacial score (nSPS) is 18.4. The number of hydrogen-bond donors (Lipinski definition) is 1. The summed E-state index contributed by atoms with van der Waals surface area (Å²) in [7, 11) is 0. The predicted molar refractivity (Wildman–Crippen MR) is 110 cm³/mol. The van der Waals surface area contributed by atoms with Crippen molar-refractivity contribution in [2.75, 3.05) is 6.61 Å². The van der Waals surface area contributed by atoms with Crippen molar-refractivity contribution in [1.29, 1.82) is 0 Å². The molecule has 0 radical (unpaired) electrons. The third kappa shape index (κ3) is 3.75. The molecule has 5 heteroatoms. The van der Waals surface area contributed by atoms with Crippen LogP contribution < -0.4 is 15.4 Å². The number of benzene rings is 2. The molecule has 4 nitrogen and oxygen atoms in total. The van der Waals surface area contributed by atoms with Crippen LogP contribution in [0.4, 0.5) is 0 Å². The lowest BCUT2D eigenvalue weighted by atomic mass is 9.61. The predicted octanol–water partition coefficient (Wildman–Crippen LogP) is 3.63. The lowest BCUT2D eigenvalue weighted by Crippen LogP contribution is -2.37. The molecular formula is C22H23BN2O2. The second kappa shape index (κ2) is 7.18. The Morgan fingerprint density at radius 2 is 2.04 bits per heavy atom. The number of ether oxygens (including phenoxy) is 1. The Kier molecular flexibility index (Phi) is 4.73. The summed E-state index contributed by atoms with van der Waals surface area (Å²) in [5, 5.41) is 4.56. The lowest BCUT2D eigenvalue weighted by molar-refractivity contribution is 0.0990. The smallest absolute Gasteiger partial charge is 0.418 e. The molecule has 1 atom stereocenters. The summed E-state index contributed by atoms with van der Waals surface area (Å²) in [4.78, 5) is 4.47. The maximum absolute atomic E-state index is 6.28. The molecule has 1 unspecified atom stereocenters. The molecule has 2 heterocycles. The summed E-state index contributed by atoms with van der Waals surface area (Å²) in [6.45, 7) is 8.66. The first-order valence-corrected chi connectivity index (χ1v) is 9.18. The summed E-state index contributed by atoms with van der Waals surface area (Å²) >= 11 is 0. The molecule has 1 aromatic heterocycles. The molecule has 4 rings (SSSR count). The van der Waals surface area contributed by atoms with Crippen LogP contribution in [-0.4, -0.2) is 24.0 Å². The number of fused-ring (bicyclic) bond motifs is 1. The van der Waals surface area contributed by atoms with Crippen molar-refractivity contribution in [1.82, 2.24) is 10.3 Å². The van der Waals surface area contributed by atoms with Gasteiger partial charge in [0, 0.05) is 17.1 Å². The van der Waals surface area contributed by atoms with Crippen molar-refractivity contribution >= 4 is 23.3 Å². The van der Waals surface area contributed by atoms with E-state index in [1.54, 1.807) is 6.20 Å². The van der Waals surface area contributed by atoms with Gasteiger partial charge in [0.2, 0.25) is 0 Å². The van der Waals surface area contributed by atoms with E-state index in [1.807, 2.05) is 42.4 Å². The molecule has 27 heavy (non-hydrogen) atoms. The van der Waals surface area contributed by atoms with E-state index in [1.165, 1.54) is 0 Å². The SMILES string of the molecule is C=CB(Oc1cccc2cccnc12)c1cccc(C2NC(C)(C)CO2)c1. The number of hydrogen-bond acceptors (Lipinski definition) is 4. The van der Waals surface area contributed by atoms with Crippen molar-refractivity contribution < 1.29 is 9.39 Å². The maximum atomic E-state index is 6.28. The minimum absolute atomic E-state index is 0.0242. The highest BCUT2D eigenvalue weighted by molar-refractivity contribution is 6.72. The van der Waals surface area contributed by atoms with Crippen LogP contribution in [0.15, 0.2) is 73.3 Å². The molecule has 0 saturated carbocycles. The van der Waals surface area contributed by atoms with Gasteiger partial charge in [0.05, 0.1) is 6.61 Å². The third-order valence-corrected chi connectivity index (χ3v) is 4.74. The van der Waals surface area contributed by atoms with E-state index in [4.69, 9.17) is 9.39 Å². The number of para-hydroxylation sites is 1. The average molecular weight is 358 g/mol. The molecule has 1 N–H and O–H groups in total. The Hall–Kier alpha value is -2.63. The third-order valence-electron chi connectivity index (χ3n) is 4.74. The maximum Gasteiger partial charge on any atom is 0.418 e. The summed E-state index contributed by atoms with van der Waals surface area (Å²) < 4.78 is 12.2. The molecule has 0 spiro atoms. The van der Waals surface area contributed by atoms with Crippen LogP contribution in [-0.2, 0) is 4.74 Å². The molecule has 0 aliphatic carbocycles. The summed E-state index contributed by atoms with van der Waals surface area (Å²) in [5.74, 6) is 2.56. The van der Waals surface area contributed by atoms with Crippen LogP contribution >= 0.6 is 0 Å². The highest BCUT2D eigenvalue weighted by Crippen LogP contribution is 2.26. The number of pyridine rings is 1. The van der Waals surface area contributed by atoms with E-state index in [-0.39, 0.29) is 18.7 Å². The second-order valence-corrected chi connectivity index (χ2v) is 7.49. The Balaban J connectivity index is 1.61. The quantitative estimate of drug-likeness (QED) is 0.708. The molecule has 1 fully saturated rings. The van der Waals surface area contributed by atoms with E-state index in [9.17, 15) is 0 Å². The summed E-state index contributed by atoms with van der Waals surface area (Å²) in [5.41, 5.74) is 2.95. The Morgan fingerprint density at radius 3 is 2.81 bits per heavy atom. The van der Waals surface area contributed by atoms with Gasteiger partial charge in [0.25, 0.3) is 0 Å². The largest absolute Gasteiger partial charge is 0.550 e. The summed E-state index contributed by atoms with van der Waals surface area (Å²) in [6, 6.07) is 18.2. The average Bonchev–Trinajstić information content (AvgIpc) is 3.06. The van der Waals surface area contributed by atoms with Crippen molar-refractivity contribution in [2.24, 2.45) is 0 Å². The van der Waals surface area contributed by atoms with Gasteiger partial charge in [0.15, 0.2) is 0 Å². The molecule has 1 aliphatic rings. The monoisotopic (exact) mass is 358 g/mol. The summed E-state index contributed by atoms with van der Waals surface area (Å²) in [6.07, 6.45) is 1.67. The zero-order chi connectivity index (χ0) is 18.9. The Bertz CT molecular complexity index is 968. The van der Waals surface area contributed by atoms with E-state index in [0.29, 0.717) is 6.61 Å². The molecule has 1 aliphatic heterocycles. The van der Waals surface area contributed by atoms with Gasteiger partial charge in [-0.05, 0) is 37.0 Å². The van der Waals surface area contributed by atoms with Crippen LogP contribution in [0.1, 0.15) is 25.6 Å². The van der Waals surface area contributed by atoms with Gasteiger partial charge in [-0.15, -0.1) is 6.58 Å². The molecule has 3 aromatic rings. The van der Waals surface area contributed by atoms with E-state index in [2.05, 4.69) is 48.9 Å². The molecular weight excluding hydrogens is 335 g/mol. The van der Waals surface area contributed by atoms with Crippen LogP contribution in [0.25, 0.3) is 10.9 Å². The van der Waals surface area contributed by atoms with Gasteiger partial charge in [0.1, 0.15) is 17.5 Å². The lowest BCUT2D eigenvalue weighted by Gasteiger charge is -2.19. The van der Waals surface area contributed by atoms with Gasteiger partial charge < -0.3 is 9.39 Å². The molecule has 0 amide bonds. The van der Waals surface area contributed by atoms with E-state index >= 15 is 0 Å². The Morgan fingerprint density at radius 1 is 1.22 bits per heavy atom. The van der Waals surface area contributed by atoms with Gasteiger partial charge in [-0.1, -0.05) is 48.4 Å². The van der Waals surface area contributed by atoms with Crippen molar-refractivity contribution in [3.63, 3.8) is 0 Å². The second-order valence-electron chi connectivity index (χ2n) is 7.49. The van der Waals surface area contributed by atoms with E-state index < -0.39 is 0 Å². The van der Waals surface area contributed by atoms with Gasteiger partial charge in [-0.3, -0.25) is 10.3 Å². The fourth-order valence-electron chi connectivity index (χ4n) is 3.37. The first-order valence-electron chi connectivity index (χ1n) is 9.18. The fourth-order valence-corrected chi connectivity index (χ4v) is 3.37. The van der Waals surface area contributed by atoms with Crippen molar-refractivity contribution in [3.05, 3.63) is 78.9 Å². The number of nitrogens with one attached hydrogen (secondary N) is 1. The minimum atomic E-state index is -0.271. The fraction of sp³-hybridized carbons (Fsp3) is 0.227. The minimum Gasteiger partial charge on any atom is -0.550 e. The first-order chi connectivity index (χ1) is 13.1. The van der Waals surface area contributed by atoms with Crippen molar-refractivity contribution in [3.8, 4) is 5.75 Å². The number of rotatable bonds is 5. The van der Waals surface area contributed by atoms with Crippen molar-refractivity contribution in [2.45, 2.75) is 25.6 Å². The molecule has 2 aromatic carbocycles. The highest BCUT2D eigenvalue weighted by Gasteiger charge is 2.32. The van der Waals surface area contributed by atoms with Crippen LogP contribution in [0, 0.1) is 0 Å². The molecule has 0 bridgehead atoms. The standard InChI is InChI=1S/C22H23BN2O2/c1-4-23(27-19-12-6-8-16-10-7-13-24-20(16)19)18-11-5-9-17(14-18)21-25-22(2,3)15-26-21/h4-14,21,25H,1,15H2,2-3H3. The van der Waals surface area contributed by atoms with Gasteiger partial charge in [-0.2, -0.15) is 0 Å². The van der Waals surface area contributed by atoms with Crippen LogP contribution in [0.5, 0.6) is 5.75 Å². The molecule has 1 saturated heterocycles. The highest BCUT2D eigenvalue weighted by atomic mass is 16.5. The Labute approximate surface area is 160 Å². The first kappa shape index (κ1) is 17.8. The van der Waals surface area contributed by atoms with Gasteiger partial charge >= 0.3 is 6.92 Å². The zero-order valence-corrected chi connectivity index (χ0v) is 15.7.